The third kappa shape index (κ3) is 12.6. The van der Waals surface area contributed by atoms with Gasteiger partial charge in [-0.05, 0) is 31.4 Å². The lowest BCUT2D eigenvalue weighted by Crippen LogP contribution is -2.12. The van der Waals surface area contributed by atoms with Crippen molar-refractivity contribution < 1.29 is 23.8 Å². The number of benzene rings is 1. The van der Waals surface area contributed by atoms with Crippen LogP contribution in [0.4, 0.5) is 0 Å². The fraction of sp³-hybridized carbons (Fsp3) is 0.636. The first kappa shape index (κ1) is 24.3. The summed E-state index contributed by atoms with van der Waals surface area (Å²) in [6.07, 6.45) is 8.75. The van der Waals surface area contributed by atoms with Gasteiger partial charge in [0.25, 0.3) is 0 Å². The monoisotopic (exact) mass is 412 g/mol. The van der Waals surface area contributed by atoms with Gasteiger partial charge in [0, 0.05) is 12.8 Å². The van der Waals surface area contributed by atoms with Crippen LogP contribution < -0.4 is 4.74 Å². The van der Waals surface area contributed by atoms with Crippen LogP contribution in [-0.4, -0.2) is 31.8 Å². The van der Waals surface area contributed by atoms with Crippen molar-refractivity contribution in [2.45, 2.75) is 71.1 Å². The van der Waals surface area contributed by atoms with Gasteiger partial charge in [-0.15, -0.1) is 0 Å². The van der Waals surface area contributed by atoms with Crippen molar-refractivity contribution in [1.82, 2.24) is 0 Å². The Balaban J connectivity index is 1.89. The highest BCUT2D eigenvalue weighted by Gasteiger charge is 2.05. The second-order valence-electron chi connectivity index (χ2n) is 6.69. The van der Waals surface area contributed by atoms with Gasteiger partial charge >= 0.3 is 11.9 Å². The van der Waals surface area contributed by atoms with E-state index in [0.717, 1.165) is 51.4 Å². The average Bonchev–Trinajstić information content (AvgIpc) is 2.68. The SMILES string of the molecule is CCCCOC(=O)CCCCCCCCC(=O)OCCOc1ccccc1Cl. The molecule has 0 bridgehead atoms. The Morgan fingerprint density at radius 1 is 0.786 bits per heavy atom. The van der Waals surface area contributed by atoms with Gasteiger partial charge in [0.05, 0.1) is 11.6 Å². The molecule has 5 nitrogen and oxygen atoms in total. The third-order valence-electron chi connectivity index (χ3n) is 4.21. The zero-order valence-electron chi connectivity index (χ0n) is 16.9. The third-order valence-corrected chi connectivity index (χ3v) is 4.53. The van der Waals surface area contributed by atoms with Crippen LogP contribution in [0.1, 0.15) is 71.1 Å². The van der Waals surface area contributed by atoms with Crippen LogP contribution in [0.25, 0.3) is 0 Å². The van der Waals surface area contributed by atoms with Crippen LogP contribution in [-0.2, 0) is 19.1 Å². The number of carbonyl (C=O) groups excluding carboxylic acids is 2. The number of rotatable bonds is 16. The minimum atomic E-state index is -0.197. The Morgan fingerprint density at radius 3 is 1.96 bits per heavy atom. The van der Waals surface area contributed by atoms with Crippen LogP contribution >= 0.6 is 11.6 Å². The van der Waals surface area contributed by atoms with E-state index in [-0.39, 0.29) is 25.2 Å². The number of unbranched alkanes of at least 4 members (excludes halogenated alkanes) is 6. The molecule has 1 aromatic rings. The number of halogens is 1. The van der Waals surface area contributed by atoms with Crippen molar-refractivity contribution in [1.29, 1.82) is 0 Å². The average molecular weight is 413 g/mol. The molecule has 0 saturated carbocycles. The molecule has 0 aliphatic rings. The van der Waals surface area contributed by atoms with Crippen LogP contribution in [0, 0.1) is 0 Å². The maximum Gasteiger partial charge on any atom is 0.305 e. The molecule has 28 heavy (non-hydrogen) atoms. The van der Waals surface area contributed by atoms with Gasteiger partial charge < -0.3 is 14.2 Å². The first-order chi connectivity index (χ1) is 13.6. The van der Waals surface area contributed by atoms with Crippen molar-refractivity contribution in [2.75, 3.05) is 19.8 Å². The lowest BCUT2D eigenvalue weighted by atomic mass is 10.1. The van der Waals surface area contributed by atoms with E-state index in [1.165, 1.54) is 0 Å². The molecule has 0 saturated heterocycles. The summed E-state index contributed by atoms with van der Waals surface area (Å²) in [5.41, 5.74) is 0. The molecule has 0 atom stereocenters. The summed E-state index contributed by atoms with van der Waals surface area (Å²) in [6, 6.07) is 7.20. The molecule has 1 rings (SSSR count). The number of hydrogen-bond acceptors (Lipinski definition) is 5. The zero-order valence-corrected chi connectivity index (χ0v) is 17.7. The van der Waals surface area contributed by atoms with Crippen molar-refractivity contribution >= 4 is 23.5 Å². The fourth-order valence-corrected chi connectivity index (χ4v) is 2.78. The first-order valence-electron chi connectivity index (χ1n) is 10.3. The van der Waals surface area contributed by atoms with E-state index < -0.39 is 0 Å². The molecular weight excluding hydrogens is 380 g/mol. The Labute approximate surface area is 173 Å². The van der Waals surface area contributed by atoms with Gasteiger partial charge in [-0.25, -0.2) is 0 Å². The lowest BCUT2D eigenvalue weighted by molar-refractivity contribution is -0.145. The summed E-state index contributed by atoms with van der Waals surface area (Å²) in [6.45, 7) is 3.12. The standard InChI is InChI=1S/C22H33ClO5/c1-2-3-16-27-21(24)14-8-6-4-5-7-9-15-22(25)28-18-17-26-20-13-11-10-12-19(20)23/h10-13H,2-9,14-18H2,1H3. The summed E-state index contributed by atoms with van der Waals surface area (Å²) >= 11 is 5.98. The normalized spacial score (nSPS) is 10.5. The van der Waals surface area contributed by atoms with Gasteiger partial charge in [-0.1, -0.05) is 62.8 Å². The summed E-state index contributed by atoms with van der Waals surface area (Å²) in [7, 11) is 0. The number of ether oxygens (including phenoxy) is 3. The molecule has 0 aliphatic carbocycles. The van der Waals surface area contributed by atoms with Crippen LogP contribution in [0.15, 0.2) is 24.3 Å². The molecule has 6 heteroatoms. The quantitative estimate of drug-likeness (QED) is 0.256. The first-order valence-corrected chi connectivity index (χ1v) is 10.7. The van der Waals surface area contributed by atoms with Gasteiger partial charge in [-0.2, -0.15) is 0 Å². The number of carbonyl (C=O) groups is 2. The van der Waals surface area contributed by atoms with Gasteiger partial charge in [-0.3, -0.25) is 9.59 Å². The highest BCUT2D eigenvalue weighted by atomic mass is 35.5. The summed E-state index contributed by atoms with van der Waals surface area (Å²) in [4.78, 5) is 23.1. The number of hydrogen-bond donors (Lipinski definition) is 0. The Kier molecular flexibility index (Phi) is 14.1. The van der Waals surface area contributed by atoms with Gasteiger partial charge in [0.1, 0.15) is 19.0 Å². The lowest BCUT2D eigenvalue weighted by Gasteiger charge is -2.08. The van der Waals surface area contributed by atoms with Crippen molar-refractivity contribution in [3.8, 4) is 5.75 Å². The highest BCUT2D eigenvalue weighted by Crippen LogP contribution is 2.22. The molecule has 1 aromatic carbocycles. The minimum Gasteiger partial charge on any atom is -0.488 e. The van der Waals surface area contributed by atoms with Gasteiger partial charge in [0.15, 0.2) is 0 Å². The Hall–Kier alpha value is -1.75. The van der Waals surface area contributed by atoms with Crippen molar-refractivity contribution in [3.63, 3.8) is 0 Å². The molecule has 0 amide bonds. The number of para-hydroxylation sites is 1. The number of esters is 2. The van der Waals surface area contributed by atoms with Gasteiger partial charge in [0.2, 0.25) is 0 Å². The molecule has 158 valence electrons. The Bertz CT molecular complexity index is 562. The Morgan fingerprint density at radius 2 is 1.36 bits per heavy atom. The van der Waals surface area contributed by atoms with E-state index in [0.29, 0.717) is 30.2 Å². The molecule has 0 aliphatic heterocycles. The van der Waals surface area contributed by atoms with Crippen LogP contribution in [0.2, 0.25) is 5.02 Å². The van der Waals surface area contributed by atoms with Crippen molar-refractivity contribution in [3.05, 3.63) is 29.3 Å². The predicted molar refractivity (Wildman–Crippen MR) is 111 cm³/mol. The highest BCUT2D eigenvalue weighted by molar-refractivity contribution is 6.32. The van der Waals surface area contributed by atoms with E-state index in [1.54, 1.807) is 12.1 Å². The fourth-order valence-electron chi connectivity index (χ4n) is 2.59. The maximum atomic E-state index is 11.7. The van der Waals surface area contributed by atoms with E-state index in [2.05, 4.69) is 6.92 Å². The molecule has 0 spiro atoms. The predicted octanol–water partition coefficient (Wildman–Crippen LogP) is 5.73. The molecule has 0 unspecified atom stereocenters. The summed E-state index contributed by atoms with van der Waals surface area (Å²) in [5, 5.41) is 0.544. The van der Waals surface area contributed by atoms with E-state index >= 15 is 0 Å². The molecule has 0 aromatic heterocycles. The second-order valence-corrected chi connectivity index (χ2v) is 7.10. The molecule has 0 heterocycles. The summed E-state index contributed by atoms with van der Waals surface area (Å²) in [5.74, 6) is 0.307. The molecular formula is C22H33ClO5. The largest absolute Gasteiger partial charge is 0.488 e. The maximum absolute atomic E-state index is 11.7. The molecule has 0 fully saturated rings. The van der Waals surface area contributed by atoms with E-state index in [9.17, 15) is 9.59 Å². The van der Waals surface area contributed by atoms with E-state index in [4.69, 9.17) is 25.8 Å². The van der Waals surface area contributed by atoms with Crippen LogP contribution in [0.3, 0.4) is 0 Å². The molecule has 0 radical (unpaired) electrons. The van der Waals surface area contributed by atoms with Crippen molar-refractivity contribution in [2.24, 2.45) is 0 Å². The minimum absolute atomic E-state index is 0.0882. The van der Waals surface area contributed by atoms with E-state index in [1.807, 2.05) is 12.1 Å². The summed E-state index contributed by atoms with van der Waals surface area (Å²) < 4.78 is 15.7. The topological polar surface area (TPSA) is 61.8 Å². The smallest absolute Gasteiger partial charge is 0.305 e. The second kappa shape index (κ2) is 16.2. The molecule has 0 N–H and O–H groups in total. The zero-order chi connectivity index (χ0) is 20.5. The van der Waals surface area contributed by atoms with Crippen LogP contribution in [0.5, 0.6) is 5.75 Å².